The Bertz CT molecular complexity index is 846. The van der Waals surface area contributed by atoms with E-state index in [9.17, 15) is 18.3 Å². The smallest absolute Gasteiger partial charge is 0.338 e. The number of aryl methyl sites for hydroxylation is 1. The Labute approximate surface area is 153 Å². The average Bonchev–Trinajstić information content (AvgIpc) is 2.60. The van der Waals surface area contributed by atoms with Gasteiger partial charge in [0.1, 0.15) is 6.23 Å². The van der Waals surface area contributed by atoms with Crippen LogP contribution in [-0.4, -0.2) is 38.9 Å². The third kappa shape index (κ3) is 4.60. The van der Waals surface area contributed by atoms with Crippen LogP contribution in [0.4, 0.5) is 5.69 Å². The molecule has 2 rings (SSSR count). The molecule has 3 N–H and O–H groups in total. The molecule has 0 heterocycles. The number of esters is 1. The molecule has 0 aromatic heterocycles. The fourth-order valence-corrected chi connectivity index (χ4v) is 3.81. The third-order valence-electron chi connectivity index (χ3n) is 3.63. The molecule has 0 radical (unpaired) electrons. The van der Waals surface area contributed by atoms with E-state index in [1.165, 1.54) is 36.4 Å². The van der Waals surface area contributed by atoms with Gasteiger partial charge in [0.05, 0.1) is 29.3 Å². The largest absolute Gasteiger partial charge is 0.462 e. The fourth-order valence-electron chi connectivity index (χ4n) is 2.33. The van der Waals surface area contributed by atoms with Crippen molar-refractivity contribution < 1.29 is 23.1 Å². The van der Waals surface area contributed by atoms with Crippen molar-refractivity contribution in [1.29, 1.82) is 0 Å². The summed E-state index contributed by atoms with van der Waals surface area (Å²) < 4.78 is 31.9. The zero-order chi connectivity index (χ0) is 19.3. The number of carbonyl (C=O) groups excluding carboxylic acids is 1. The lowest BCUT2D eigenvalue weighted by molar-refractivity contribution is 0.0526. The van der Waals surface area contributed by atoms with Crippen molar-refractivity contribution in [3.05, 3.63) is 59.7 Å². The Morgan fingerprint density at radius 1 is 1.15 bits per heavy atom. The average molecular weight is 378 g/mol. The topological polar surface area (TPSA) is 110 Å². The van der Waals surface area contributed by atoms with Crippen LogP contribution in [0.5, 0.6) is 0 Å². The number of anilines is 1. The maximum Gasteiger partial charge on any atom is 0.338 e. The van der Waals surface area contributed by atoms with E-state index in [1.54, 1.807) is 19.1 Å². The molecule has 2 aromatic carbocycles. The summed E-state index contributed by atoms with van der Waals surface area (Å²) in [5, 5.41) is 9.55. The lowest BCUT2D eigenvalue weighted by Gasteiger charge is -2.25. The lowest BCUT2D eigenvalue weighted by atomic mass is 10.2. The van der Waals surface area contributed by atoms with Crippen molar-refractivity contribution >= 4 is 21.7 Å². The second kappa shape index (κ2) is 8.31. The van der Waals surface area contributed by atoms with Crippen LogP contribution in [0, 0.1) is 6.92 Å². The van der Waals surface area contributed by atoms with Crippen molar-refractivity contribution in [2.75, 3.05) is 17.5 Å². The minimum Gasteiger partial charge on any atom is -0.462 e. The molecule has 8 heteroatoms. The molecule has 0 aliphatic carbocycles. The summed E-state index contributed by atoms with van der Waals surface area (Å²) in [5.41, 5.74) is 6.93. The van der Waals surface area contributed by atoms with Crippen molar-refractivity contribution in [3.63, 3.8) is 0 Å². The maximum absolute atomic E-state index is 13.0. The highest BCUT2D eigenvalue weighted by Crippen LogP contribution is 2.24. The highest BCUT2D eigenvalue weighted by Gasteiger charge is 2.26. The normalized spacial score (nSPS) is 12.5. The number of rotatable bonds is 7. The summed E-state index contributed by atoms with van der Waals surface area (Å²) in [4.78, 5) is 11.8. The van der Waals surface area contributed by atoms with Gasteiger partial charge < -0.3 is 15.6 Å². The molecule has 140 valence electrons. The highest BCUT2D eigenvalue weighted by atomic mass is 32.2. The number of aliphatic hydroxyl groups excluding tert-OH is 1. The molecule has 0 saturated heterocycles. The van der Waals surface area contributed by atoms with Gasteiger partial charge in [-0.25, -0.2) is 13.2 Å². The van der Waals surface area contributed by atoms with Crippen LogP contribution in [0.25, 0.3) is 0 Å². The summed E-state index contributed by atoms with van der Waals surface area (Å²) in [6, 6.07) is 12.2. The number of aliphatic hydroxyl groups is 1. The number of nitrogens with two attached hydrogens (primary N) is 1. The first kappa shape index (κ1) is 19.9. The van der Waals surface area contributed by atoms with E-state index >= 15 is 0 Å². The minimum absolute atomic E-state index is 0.0817. The van der Waals surface area contributed by atoms with Crippen LogP contribution >= 0.6 is 0 Å². The number of hydrogen-bond donors (Lipinski definition) is 2. The number of carbonyl (C=O) groups is 1. The molecule has 0 aliphatic rings. The maximum atomic E-state index is 13.0. The molecule has 26 heavy (non-hydrogen) atoms. The zero-order valence-electron chi connectivity index (χ0n) is 14.6. The van der Waals surface area contributed by atoms with Gasteiger partial charge in [-0.3, -0.25) is 4.31 Å². The van der Waals surface area contributed by atoms with Crippen LogP contribution in [0.2, 0.25) is 0 Å². The summed E-state index contributed by atoms with van der Waals surface area (Å²) in [6.45, 7) is 3.47. The summed E-state index contributed by atoms with van der Waals surface area (Å²) in [7, 11) is -3.93. The Morgan fingerprint density at radius 3 is 2.23 bits per heavy atom. The molecular formula is C18H22N2O5S. The number of nitrogens with zero attached hydrogens (tertiary/aromatic N) is 1. The molecule has 0 aliphatic heterocycles. The van der Waals surface area contributed by atoms with Gasteiger partial charge in [-0.15, -0.1) is 0 Å². The van der Waals surface area contributed by atoms with Crippen molar-refractivity contribution in [3.8, 4) is 0 Å². The summed E-state index contributed by atoms with van der Waals surface area (Å²) in [5.74, 6) is -0.495. The molecule has 7 nitrogen and oxygen atoms in total. The Kier molecular flexibility index (Phi) is 6.36. The highest BCUT2D eigenvalue weighted by molar-refractivity contribution is 7.92. The van der Waals surface area contributed by atoms with Crippen molar-refractivity contribution in [2.24, 2.45) is 5.73 Å². The molecule has 0 spiro atoms. The fraction of sp³-hybridized carbons (Fsp3) is 0.278. The molecule has 1 atom stereocenters. The van der Waals surface area contributed by atoms with Crippen LogP contribution in [0.1, 0.15) is 22.8 Å². The molecular weight excluding hydrogens is 356 g/mol. The van der Waals surface area contributed by atoms with E-state index in [-0.39, 0.29) is 23.7 Å². The van der Waals surface area contributed by atoms with Crippen LogP contribution in [0.15, 0.2) is 53.4 Å². The number of sulfonamides is 1. The van der Waals surface area contributed by atoms with Gasteiger partial charge in [-0.2, -0.15) is 0 Å². The van der Waals surface area contributed by atoms with Crippen LogP contribution in [-0.2, 0) is 14.8 Å². The van der Waals surface area contributed by atoms with Gasteiger partial charge in [0.25, 0.3) is 10.0 Å². The van der Waals surface area contributed by atoms with Gasteiger partial charge in [0.2, 0.25) is 0 Å². The van der Waals surface area contributed by atoms with Gasteiger partial charge in [0, 0.05) is 0 Å². The molecule has 2 aromatic rings. The quantitative estimate of drug-likeness (QED) is 0.560. The van der Waals surface area contributed by atoms with E-state index in [0.29, 0.717) is 5.56 Å². The number of hydrogen-bond acceptors (Lipinski definition) is 6. The SMILES string of the molecule is CCOC(=O)c1ccc(N(C[C@H](N)O)S(=O)(=O)c2ccc(C)cc2)cc1. The Balaban J connectivity index is 2.41. The summed E-state index contributed by atoms with van der Waals surface area (Å²) in [6.07, 6.45) is -1.36. The van der Waals surface area contributed by atoms with E-state index in [1.807, 2.05) is 6.92 Å². The van der Waals surface area contributed by atoms with Crippen LogP contribution in [0.3, 0.4) is 0 Å². The van der Waals surface area contributed by atoms with Crippen molar-refractivity contribution in [1.82, 2.24) is 0 Å². The molecule has 0 bridgehead atoms. The molecule has 0 fully saturated rings. The second-order valence-corrected chi connectivity index (χ2v) is 7.55. The standard InChI is InChI=1S/C18H22N2O5S/c1-3-25-18(22)14-6-8-15(9-7-14)20(12-17(19)21)26(23,24)16-10-4-13(2)5-11-16/h4-11,17,21H,3,12,19H2,1-2H3/t17-/m1/s1. The first-order valence-electron chi connectivity index (χ1n) is 8.06. The zero-order valence-corrected chi connectivity index (χ0v) is 15.4. The van der Waals surface area contributed by atoms with Gasteiger partial charge in [-0.1, -0.05) is 17.7 Å². The van der Waals surface area contributed by atoms with Gasteiger partial charge in [0.15, 0.2) is 0 Å². The first-order chi connectivity index (χ1) is 12.3. The number of ether oxygens (including phenoxy) is 1. The molecule has 0 unspecified atom stereocenters. The molecule has 0 amide bonds. The predicted octanol–water partition coefficient (Wildman–Crippen LogP) is 1.64. The van der Waals surface area contributed by atoms with E-state index < -0.39 is 22.2 Å². The third-order valence-corrected chi connectivity index (χ3v) is 5.44. The van der Waals surface area contributed by atoms with E-state index in [0.717, 1.165) is 9.87 Å². The molecule has 0 saturated carbocycles. The predicted molar refractivity (Wildman–Crippen MR) is 98.3 cm³/mol. The van der Waals surface area contributed by atoms with Crippen LogP contribution < -0.4 is 10.0 Å². The second-order valence-electron chi connectivity index (χ2n) is 5.68. The first-order valence-corrected chi connectivity index (χ1v) is 9.50. The number of benzene rings is 2. The van der Waals surface area contributed by atoms with Gasteiger partial charge in [-0.05, 0) is 50.2 Å². The van der Waals surface area contributed by atoms with Gasteiger partial charge >= 0.3 is 5.97 Å². The monoisotopic (exact) mass is 378 g/mol. The van der Waals surface area contributed by atoms with E-state index in [4.69, 9.17) is 10.5 Å². The lowest BCUT2D eigenvalue weighted by Crippen LogP contribution is -2.41. The Morgan fingerprint density at radius 2 is 1.73 bits per heavy atom. The summed E-state index contributed by atoms with van der Waals surface area (Å²) >= 11 is 0. The Hall–Kier alpha value is -2.42. The van der Waals surface area contributed by atoms with E-state index in [2.05, 4.69) is 0 Å². The van der Waals surface area contributed by atoms with Crippen molar-refractivity contribution in [2.45, 2.75) is 25.0 Å². The minimum atomic E-state index is -3.93.